The summed E-state index contributed by atoms with van der Waals surface area (Å²) < 4.78 is 12.0. The SMILES string of the molecule is CCN1C(=O)CC[C@@H]1CO[Si](C)(C)OC(C)(C)C. The molecule has 0 aromatic heterocycles. The fourth-order valence-corrected chi connectivity index (χ4v) is 4.59. The molecule has 0 N–H and O–H groups in total. The van der Waals surface area contributed by atoms with E-state index >= 15 is 0 Å². The topological polar surface area (TPSA) is 38.8 Å². The Labute approximate surface area is 112 Å². The minimum atomic E-state index is -2.11. The highest BCUT2D eigenvalue weighted by Gasteiger charge is 2.35. The molecule has 1 aliphatic heterocycles. The fourth-order valence-electron chi connectivity index (χ4n) is 2.46. The predicted molar refractivity (Wildman–Crippen MR) is 74.7 cm³/mol. The van der Waals surface area contributed by atoms with Gasteiger partial charge in [0.2, 0.25) is 5.91 Å². The van der Waals surface area contributed by atoms with Crippen molar-refractivity contribution in [1.29, 1.82) is 0 Å². The molecule has 1 aliphatic rings. The quantitative estimate of drug-likeness (QED) is 0.723. The Hall–Kier alpha value is -0.393. The first-order valence-electron chi connectivity index (χ1n) is 6.78. The van der Waals surface area contributed by atoms with E-state index in [1.807, 2.05) is 32.6 Å². The van der Waals surface area contributed by atoms with Gasteiger partial charge in [-0.2, -0.15) is 0 Å². The molecule has 0 bridgehead atoms. The zero-order chi connectivity index (χ0) is 14.0. The van der Waals surface area contributed by atoms with Gasteiger partial charge in [0.1, 0.15) is 0 Å². The first-order chi connectivity index (χ1) is 8.14. The first-order valence-corrected chi connectivity index (χ1v) is 9.60. The van der Waals surface area contributed by atoms with E-state index in [1.54, 1.807) is 0 Å². The Balaban J connectivity index is 2.47. The van der Waals surface area contributed by atoms with Crippen molar-refractivity contribution in [3.05, 3.63) is 0 Å². The van der Waals surface area contributed by atoms with E-state index in [0.717, 1.165) is 13.0 Å². The largest absolute Gasteiger partial charge is 0.392 e. The molecule has 0 saturated carbocycles. The van der Waals surface area contributed by atoms with Crippen LogP contribution in [-0.4, -0.2) is 44.2 Å². The lowest BCUT2D eigenvalue weighted by molar-refractivity contribution is -0.129. The van der Waals surface area contributed by atoms with Gasteiger partial charge in [0.15, 0.2) is 0 Å². The number of rotatable bonds is 5. The molecule has 0 radical (unpaired) electrons. The number of hydrogen-bond donors (Lipinski definition) is 0. The van der Waals surface area contributed by atoms with Crippen molar-refractivity contribution in [1.82, 2.24) is 4.90 Å². The summed E-state index contributed by atoms with van der Waals surface area (Å²) in [5.74, 6) is 0.252. The maximum absolute atomic E-state index is 11.6. The van der Waals surface area contributed by atoms with Crippen molar-refractivity contribution in [3.63, 3.8) is 0 Å². The second-order valence-corrected chi connectivity index (χ2v) is 9.59. The summed E-state index contributed by atoms with van der Waals surface area (Å²) in [5.41, 5.74) is -0.175. The lowest BCUT2D eigenvalue weighted by Crippen LogP contribution is -2.45. The van der Waals surface area contributed by atoms with Gasteiger partial charge in [0, 0.05) is 13.0 Å². The number of carbonyl (C=O) groups excluding carboxylic acids is 1. The summed E-state index contributed by atoms with van der Waals surface area (Å²) in [6, 6.07) is 0.234. The fraction of sp³-hybridized carbons (Fsp3) is 0.923. The Bertz CT molecular complexity index is 299. The van der Waals surface area contributed by atoms with Crippen LogP contribution in [-0.2, 0) is 13.6 Å². The van der Waals surface area contributed by atoms with Crippen LogP contribution in [0.2, 0.25) is 13.1 Å². The van der Waals surface area contributed by atoms with Gasteiger partial charge in [-0.25, -0.2) is 0 Å². The summed E-state index contributed by atoms with van der Waals surface area (Å²) in [7, 11) is -2.11. The van der Waals surface area contributed by atoms with Gasteiger partial charge in [-0.05, 0) is 47.2 Å². The molecular formula is C13H27NO3Si. The highest BCUT2D eigenvalue weighted by atomic mass is 28.4. The summed E-state index contributed by atoms with van der Waals surface area (Å²) in [5, 5.41) is 0. The van der Waals surface area contributed by atoms with E-state index in [9.17, 15) is 4.79 Å². The molecule has 4 nitrogen and oxygen atoms in total. The van der Waals surface area contributed by atoms with Crippen LogP contribution in [0.3, 0.4) is 0 Å². The van der Waals surface area contributed by atoms with Gasteiger partial charge in [0.05, 0.1) is 18.2 Å². The average Bonchev–Trinajstić information content (AvgIpc) is 2.52. The summed E-state index contributed by atoms with van der Waals surface area (Å²) >= 11 is 0. The maximum atomic E-state index is 11.6. The lowest BCUT2D eigenvalue weighted by Gasteiger charge is -2.33. The van der Waals surface area contributed by atoms with Crippen molar-refractivity contribution in [3.8, 4) is 0 Å². The molecule has 18 heavy (non-hydrogen) atoms. The van der Waals surface area contributed by atoms with Gasteiger partial charge in [-0.1, -0.05) is 0 Å². The number of likely N-dealkylation sites (tertiary alicyclic amines) is 1. The molecule has 0 spiro atoms. The third kappa shape index (κ3) is 4.70. The van der Waals surface area contributed by atoms with E-state index in [-0.39, 0.29) is 17.6 Å². The van der Waals surface area contributed by atoms with Crippen molar-refractivity contribution in [2.45, 2.75) is 65.3 Å². The van der Waals surface area contributed by atoms with Gasteiger partial charge in [0.25, 0.3) is 0 Å². The Morgan fingerprint density at radius 2 is 2.00 bits per heavy atom. The van der Waals surface area contributed by atoms with Crippen molar-refractivity contribution < 1.29 is 13.6 Å². The molecule has 0 unspecified atom stereocenters. The highest BCUT2D eigenvalue weighted by Crippen LogP contribution is 2.22. The molecule has 1 fully saturated rings. The van der Waals surface area contributed by atoms with Gasteiger partial charge >= 0.3 is 8.56 Å². The zero-order valence-corrected chi connectivity index (χ0v) is 13.6. The summed E-state index contributed by atoms with van der Waals surface area (Å²) in [6.07, 6.45) is 1.57. The normalized spacial score (nSPS) is 21.8. The minimum absolute atomic E-state index is 0.175. The van der Waals surface area contributed by atoms with Gasteiger partial charge in [-0.15, -0.1) is 0 Å². The lowest BCUT2D eigenvalue weighted by atomic mass is 10.2. The number of amides is 1. The molecular weight excluding hydrogens is 246 g/mol. The molecule has 0 aromatic carbocycles. The molecule has 1 atom stereocenters. The summed E-state index contributed by atoms with van der Waals surface area (Å²) in [4.78, 5) is 13.5. The number of nitrogens with zero attached hydrogens (tertiary/aromatic N) is 1. The summed E-state index contributed by atoms with van der Waals surface area (Å²) in [6.45, 7) is 13.7. The Kier molecular flexibility index (Phi) is 4.97. The molecule has 106 valence electrons. The Morgan fingerprint density at radius 3 is 2.50 bits per heavy atom. The third-order valence-corrected chi connectivity index (χ3v) is 4.93. The molecule has 1 amide bonds. The standard InChI is InChI=1S/C13H27NO3Si/c1-7-14-11(8-9-12(14)15)10-16-18(5,6)17-13(2,3)4/h11H,7-10H2,1-6H3/t11-/m1/s1. The first kappa shape index (κ1) is 15.7. The van der Waals surface area contributed by atoms with Crippen LogP contribution in [0, 0.1) is 0 Å². The van der Waals surface area contributed by atoms with Crippen molar-refractivity contribution in [2.75, 3.05) is 13.2 Å². The molecule has 1 heterocycles. The molecule has 0 aliphatic carbocycles. The maximum Gasteiger partial charge on any atom is 0.332 e. The van der Waals surface area contributed by atoms with Crippen LogP contribution in [0.15, 0.2) is 0 Å². The van der Waals surface area contributed by atoms with Crippen LogP contribution >= 0.6 is 0 Å². The predicted octanol–water partition coefficient (Wildman–Crippen LogP) is 2.53. The van der Waals surface area contributed by atoms with Gasteiger partial charge in [-0.3, -0.25) is 4.79 Å². The monoisotopic (exact) mass is 273 g/mol. The number of carbonyl (C=O) groups is 1. The number of hydrogen-bond acceptors (Lipinski definition) is 3. The second kappa shape index (κ2) is 5.71. The van der Waals surface area contributed by atoms with Crippen LogP contribution in [0.4, 0.5) is 0 Å². The van der Waals surface area contributed by atoms with Crippen LogP contribution in [0.5, 0.6) is 0 Å². The zero-order valence-electron chi connectivity index (χ0n) is 12.6. The van der Waals surface area contributed by atoms with Crippen molar-refractivity contribution in [2.24, 2.45) is 0 Å². The molecule has 1 rings (SSSR count). The number of likely N-dealkylation sites (N-methyl/N-ethyl adjacent to an activating group) is 1. The van der Waals surface area contributed by atoms with E-state index in [4.69, 9.17) is 8.85 Å². The van der Waals surface area contributed by atoms with E-state index in [1.165, 1.54) is 0 Å². The average molecular weight is 273 g/mol. The second-order valence-electron chi connectivity index (χ2n) is 6.30. The van der Waals surface area contributed by atoms with E-state index in [2.05, 4.69) is 13.1 Å². The molecule has 0 aromatic rings. The highest BCUT2D eigenvalue weighted by molar-refractivity contribution is 6.64. The van der Waals surface area contributed by atoms with Crippen LogP contribution in [0.25, 0.3) is 0 Å². The smallest absolute Gasteiger partial charge is 0.332 e. The molecule has 5 heteroatoms. The van der Waals surface area contributed by atoms with Crippen LogP contribution < -0.4 is 0 Å². The van der Waals surface area contributed by atoms with E-state index in [0.29, 0.717) is 13.0 Å². The minimum Gasteiger partial charge on any atom is -0.392 e. The van der Waals surface area contributed by atoms with Gasteiger partial charge < -0.3 is 13.8 Å². The third-order valence-electron chi connectivity index (χ3n) is 2.97. The van der Waals surface area contributed by atoms with Crippen molar-refractivity contribution >= 4 is 14.5 Å². The van der Waals surface area contributed by atoms with E-state index < -0.39 is 8.56 Å². The molecule has 1 saturated heterocycles. The van der Waals surface area contributed by atoms with Crippen LogP contribution in [0.1, 0.15) is 40.5 Å². The Morgan fingerprint density at radius 1 is 1.39 bits per heavy atom.